The van der Waals surface area contributed by atoms with Crippen molar-refractivity contribution in [1.29, 1.82) is 0 Å². The van der Waals surface area contributed by atoms with E-state index in [1.54, 1.807) is 6.07 Å². The molecule has 128 valence electrons. The molecule has 1 N–H and O–H groups in total. The summed E-state index contributed by atoms with van der Waals surface area (Å²) in [6.45, 7) is 4.02. The number of imidazole rings is 1. The minimum absolute atomic E-state index is 0.0389. The fourth-order valence-electron chi connectivity index (χ4n) is 3.54. The number of halogens is 1. The lowest BCUT2D eigenvalue weighted by atomic mass is 9.89. The van der Waals surface area contributed by atoms with Crippen LogP contribution in [0.3, 0.4) is 0 Å². The van der Waals surface area contributed by atoms with Crippen LogP contribution in [0, 0.1) is 19.8 Å². The first kappa shape index (κ1) is 16.2. The second-order valence-electron chi connectivity index (χ2n) is 6.83. The summed E-state index contributed by atoms with van der Waals surface area (Å²) in [5, 5.41) is 3.74. The molecule has 2 aromatic heterocycles. The first-order valence-corrected chi connectivity index (χ1v) is 8.92. The van der Waals surface area contributed by atoms with E-state index in [0.29, 0.717) is 5.02 Å². The molecule has 1 unspecified atom stereocenters. The van der Waals surface area contributed by atoms with E-state index in [2.05, 4.69) is 28.9 Å². The summed E-state index contributed by atoms with van der Waals surface area (Å²) in [7, 11) is 0. The first-order chi connectivity index (χ1) is 12.0. The van der Waals surface area contributed by atoms with Crippen molar-refractivity contribution in [2.75, 3.05) is 5.32 Å². The molecule has 4 nitrogen and oxygen atoms in total. The number of hydrogen-bond donors (Lipinski definition) is 1. The van der Waals surface area contributed by atoms with Crippen molar-refractivity contribution in [2.24, 2.45) is 5.92 Å². The number of carbonyl (C=O) groups is 1. The number of fused-ring (bicyclic) bond motifs is 3. The van der Waals surface area contributed by atoms with Crippen molar-refractivity contribution in [3.63, 3.8) is 0 Å². The van der Waals surface area contributed by atoms with E-state index in [1.807, 2.05) is 25.1 Å². The van der Waals surface area contributed by atoms with Crippen molar-refractivity contribution >= 4 is 28.8 Å². The highest BCUT2D eigenvalue weighted by Crippen LogP contribution is 2.28. The molecule has 0 saturated heterocycles. The summed E-state index contributed by atoms with van der Waals surface area (Å²) in [6, 6.07) is 9.64. The van der Waals surface area contributed by atoms with Gasteiger partial charge in [0, 0.05) is 34.9 Å². The summed E-state index contributed by atoms with van der Waals surface area (Å²) in [4.78, 5) is 17.5. The molecule has 5 heteroatoms. The van der Waals surface area contributed by atoms with Crippen LogP contribution in [0.1, 0.15) is 28.9 Å². The van der Waals surface area contributed by atoms with Gasteiger partial charge in [-0.25, -0.2) is 4.98 Å². The van der Waals surface area contributed by atoms with Crippen molar-refractivity contribution in [2.45, 2.75) is 33.1 Å². The maximum absolute atomic E-state index is 12.8. The predicted octanol–water partition coefficient (Wildman–Crippen LogP) is 4.35. The van der Waals surface area contributed by atoms with Crippen LogP contribution in [0.2, 0.25) is 5.02 Å². The van der Waals surface area contributed by atoms with Crippen LogP contribution in [0.5, 0.6) is 0 Å². The van der Waals surface area contributed by atoms with Crippen LogP contribution in [0.4, 0.5) is 5.69 Å². The number of hydrogen-bond acceptors (Lipinski definition) is 2. The molecule has 1 atom stereocenters. The number of aryl methyl sites for hydroxylation is 3. The fraction of sp³-hybridized carbons (Fsp3) is 0.300. The van der Waals surface area contributed by atoms with Crippen molar-refractivity contribution < 1.29 is 4.79 Å². The molecule has 4 rings (SSSR count). The molecule has 1 aromatic carbocycles. The van der Waals surface area contributed by atoms with E-state index in [-0.39, 0.29) is 11.8 Å². The minimum Gasteiger partial charge on any atom is -0.326 e. The SMILES string of the molecule is Cc1ccc2nc3c(n2c1)CC(C(=O)Nc1ccc(Cl)cc1C)CC3. The van der Waals surface area contributed by atoms with E-state index in [1.165, 1.54) is 5.56 Å². The second kappa shape index (κ2) is 6.19. The lowest BCUT2D eigenvalue weighted by molar-refractivity contribution is -0.120. The van der Waals surface area contributed by atoms with E-state index >= 15 is 0 Å². The van der Waals surface area contributed by atoms with Gasteiger partial charge in [-0.05, 0) is 62.1 Å². The largest absolute Gasteiger partial charge is 0.326 e. The Morgan fingerprint density at radius 3 is 2.92 bits per heavy atom. The van der Waals surface area contributed by atoms with Crippen LogP contribution in [-0.4, -0.2) is 15.3 Å². The molecule has 3 aromatic rings. The van der Waals surface area contributed by atoms with Gasteiger partial charge in [0.05, 0.1) is 5.69 Å². The summed E-state index contributed by atoms with van der Waals surface area (Å²) in [5.74, 6) is 0.0293. The van der Waals surface area contributed by atoms with Crippen LogP contribution in [0.25, 0.3) is 5.65 Å². The van der Waals surface area contributed by atoms with Gasteiger partial charge < -0.3 is 9.72 Å². The van der Waals surface area contributed by atoms with Crippen molar-refractivity contribution in [3.8, 4) is 0 Å². The number of nitrogens with zero attached hydrogens (tertiary/aromatic N) is 2. The van der Waals surface area contributed by atoms with Crippen molar-refractivity contribution in [3.05, 3.63) is 64.1 Å². The minimum atomic E-state index is -0.0389. The number of pyridine rings is 1. The number of anilines is 1. The van der Waals surface area contributed by atoms with Gasteiger partial charge in [-0.2, -0.15) is 0 Å². The molecule has 0 bridgehead atoms. The van der Waals surface area contributed by atoms with Gasteiger partial charge in [-0.15, -0.1) is 0 Å². The number of rotatable bonds is 2. The maximum Gasteiger partial charge on any atom is 0.227 e. The Hall–Kier alpha value is -2.33. The average Bonchev–Trinajstić information content (AvgIpc) is 2.94. The van der Waals surface area contributed by atoms with E-state index < -0.39 is 0 Å². The highest BCUT2D eigenvalue weighted by molar-refractivity contribution is 6.30. The number of carbonyl (C=O) groups excluding carboxylic acids is 1. The normalized spacial score (nSPS) is 16.7. The highest BCUT2D eigenvalue weighted by Gasteiger charge is 2.28. The Balaban J connectivity index is 1.58. The van der Waals surface area contributed by atoms with E-state index in [0.717, 1.165) is 47.5 Å². The quantitative estimate of drug-likeness (QED) is 0.744. The van der Waals surface area contributed by atoms with E-state index in [9.17, 15) is 4.79 Å². The van der Waals surface area contributed by atoms with Crippen LogP contribution < -0.4 is 5.32 Å². The van der Waals surface area contributed by atoms with Gasteiger partial charge >= 0.3 is 0 Å². The Morgan fingerprint density at radius 1 is 1.28 bits per heavy atom. The van der Waals surface area contributed by atoms with Gasteiger partial charge in [0.1, 0.15) is 5.65 Å². The summed E-state index contributed by atoms with van der Waals surface area (Å²) >= 11 is 5.99. The van der Waals surface area contributed by atoms with Crippen LogP contribution in [-0.2, 0) is 17.6 Å². The average molecular weight is 354 g/mol. The molecular weight excluding hydrogens is 334 g/mol. The lowest BCUT2D eigenvalue weighted by Crippen LogP contribution is -2.28. The Morgan fingerprint density at radius 2 is 2.12 bits per heavy atom. The van der Waals surface area contributed by atoms with Gasteiger partial charge in [-0.1, -0.05) is 17.7 Å². The standard InChI is InChI=1S/C20H20ClN3O/c1-12-3-8-19-22-17-6-4-14(10-18(17)24(19)11-12)20(25)23-16-7-5-15(21)9-13(16)2/h3,5,7-9,11,14H,4,6,10H2,1-2H3,(H,23,25). The van der Waals surface area contributed by atoms with Crippen molar-refractivity contribution in [1.82, 2.24) is 9.38 Å². The molecule has 0 saturated carbocycles. The number of aromatic nitrogens is 2. The molecule has 0 fully saturated rings. The second-order valence-corrected chi connectivity index (χ2v) is 7.26. The Bertz CT molecular complexity index is 976. The number of amides is 1. The van der Waals surface area contributed by atoms with Gasteiger partial charge in [-0.3, -0.25) is 4.79 Å². The zero-order valence-electron chi connectivity index (χ0n) is 14.3. The smallest absolute Gasteiger partial charge is 0.227 e. The maximum atomic E-state index is 12.8. The molecule has 1 amide bonds. The highest BCUT2D eigenvalue weighted by atomic mass is 35.5. The van der Waals surface area contributed by atoms with Gasteiger partial charge in [0.15, 0.2) is 0 Å². The summed E-state index contributed by atoms with van der Waals surface area (Å²) in [5.41, 5.74) is 6.24. The van der Waals surface area contributed by atoms with Gasteiger partial charge in [0.2, 0.25) is 5.91 Å². The molecule has 2 heterocycles. The molecule has 0 spiro atoms. The molecular formula is C20H20ClN3O. The van der Waals surface area contributed by atoms with E-state index in [4.69, 9.17) is 16.6 Å². The molecule has 0 aliphatic heterocycles. The van der Waals surface area contributed by atoms with Gasteiger partial charge in [0.25, 0.3) is 0 Å². The Kier molecular flexibility index (Phi) is 4.00. The molecule has 0 radical (unpaired) electrons. The van der Waals surface area contributed by atoms with Crippen LogP contribution in [0.15, 0.2) is 36.5 Å². The summed E-state index contributed by atoms with van der Waals surface area (Å²) < 4.78 is 2.14. The van der Waals surface area contributed by atoms with Crippen LogP contribution >= 0.6 is 11.6 Å². The molecule has 1 aliphatic carbocycles. The third-order valence-electron chi connectivity index (χ3n) is 4.93. The zero-order chi connectivity index (χ0) is 17.6. The topological polar surface area (TPSA) is 46.4 Å². The Labute approximate surface area is 151 Å². The predicted molar refractivity (Wildman–Crippen MR) is 100 cm³/mol. The number of nitrogens with one attached hydrogen (secondary N) is 1. The molecule has 25 heavy (non-hydrogen) atoms. The molecule has 1 aliphatic rings. The third-order valence-corrected chi connectivity index (χ3v) is 5.17. The zero-order valence-corrected chi connectivity index (χ0v) is 15.1. The summed E-state index contributed by atoms with van der Waals surface area (Å²) in [6.07, 6.45) is 4.49. The fourth-order valence-corrected chi connectivity index (χ4v) is 3.76. The number of benzene rings is 1. The first-order valence-electron chi connectivity index (χ1n) is 8.55. The lowest BCUT2D eigenvalue weighted by Gasteiger charge is -2.22. The monoisotopic (exact) mass is 353 g/mol. The third kappa shape index (κ3) is 3.02.